The zero-order valence-corrected chi connectivity index (χ0v) is 14.7. The number of aromatic amines is 1. The molecule has 27 heavy (non-hydrogen) atoms. The maximum absolute atomic E-state index is 12.7. The minimum absolute atomic E-state index is 0.00456. The molecule has 132 valence electrons. The first-order valence-corrected chi connectivity index (χ1v) is 9.78. The molecular formula is C20H13N3O3S. The van der Waals surface area contributed by atoms with Crippen molar-refractivity contribution in [1.82, 2.24) is 9.97 Å². The highest BCUT2D eigenvalue weighted by Crippen LogP contribution is 2.42. The van der Waals surface area contributed by atoms with Crippen LogP contribution in [-0.4, -0.2) is 24.2 Å². The minimum atomic E-state index is -3.80. The third-order valence-electron chi connectivity index (χ3n) is 4.79. The zero-order valence-electron chi connectivity index (χ0n) is 13.9. The van der Waals surface area contributed by atoms with Gasteiger partial charge in [0.2, 0.25) is 10.0 Å². The largest absolute Gasteiger partial charge is 0.338 e. The highest BCUT2D eigenvalue weighted by molar-refractivity contribution is 7.89. The Morgan fingerprint density at radius 2 is 1.56 bits per heavy atom. The predicted molar refractivity (Wildman–Crippen MR) is 102 cm³/mol. The van der Waals surface area contributed by atoms with Crippen molar-refractivity contribution in [1.29, 1.82) is 0 Å². The standard InChI is InChI=1S/C20H13N3O3S/c21-27(25,26)11-8-9-16-17(10-11)23-20(22-16)15-7-3-6-14-18(15)12-4-1-2-5-13(12)19(14)24/h1-10H,(H,22,23)(H2,21,25,26). The van der Waals surface area contributed by atoms with E-state index in [1.165, 1.54) is 12.1 Å². The number of benzene rings is 3. The number of carbonyl (C=O) groups excluding carboxylic acids is 1. The molecule has 0 amide bonds. The van der Waals surface area contributed by atoms with Crippen LogP contribution < -0.4 is 5.14 Å². The predicted octanol–water partition coefficient (Wildman–Crippen LogP) is 3.09. The molecule has 0 atom stereocenters. The van der Waals surface area contributed by atoms with Crippen LogP contribution in [0.1, 0.15) is 15.9 Å². The zero-order chi connectivity index (χ0) is 18.8. The van der Waals surface area contributed by atoms with E-state index < -0.39 is 10.0 Å². The van der Waals surface area contributed by atoms with Gasteiger partial charge in [-0.1, -0.05) is 42.5 Å². The molecule has 0 bridgehead atoms. The summed E-state index contributed by atoms with van der Waals surface area (Å²) in [5, 5.41) is 5.21. The molecule has 0 saturated heterocycles. The number of primary sulfonamides is 1. The van der Waals surface area contributed by atoms with Gasteiger partial charge in [0.1, 0.15) is 5.82 Å². The second-order valence-electron chi connectivity index (χ2n) is 6.41. The lowest BCUT2D eigenvalue weighted by atomic mass is 9.99. The topological polar surface area (TPSA) is 106 Å². The lowest BCUT2D eigenvalue weighted by Gasteiger charge is -2.06. The van der Waals surface area contributed by atoms with Crippen molar-refractivity contribution in [2.45, 2.75) is 4.90 Å². The van der Waals surface area contributed by atoms with Gasteiger partial charge in [-0.2, -0.15) is 0 Å². The average molecular weight is 375 g/mol. The number of fused-ring (bicyclic) bond motifs is 4. The van der Waals surface area contributed by atoms with Gasteiger partial charge in [0.05, 0.1) is 15.9 Å². The SMILES string of the molecule is NS(=O)(=O)c1ccc2nc(-c3cccc4c3-c3ccccc3C4=O)[nH]c2c1. The van der Waals surface area contributed by atoms with Crippen LogP contribution in [0.2, 0.25) is 0 Å². The van der Waals surface area contributed by atoms with Crippen LogP contribution in [0.3, 0.4) is 0 Å². The number of imidazole rings is 1. The van der Waals surface area contributed by atoms with Gasteiger partial charge in [-0.25, -0.2) is 18.5 Å². The van der Waals surface area contributed by atoms with Gasteiger partial charge in [0, 0.05) is 22.3 Å². The van der Waals surface area contributed by atoms with Crippen LogP contribution in [0.25, 0.3) is 33.5 Å². The molecular weight excluding hydrogens is 362 g/mol. The maximum atomic E-state index is 12.7. The van der Waals surface area contributed by atoms with E-state index in [2.05, 4.69) is 9.97 Å². The molecule has 4 aromatic rings. The lowest BCUT2D eigenvalue weighted by molar-refractivity contribution is 0.104. The van der Waals surface area contributed by atoms with Crippen LogP contribution >= 0.6 is 0 Å². The minimum Gasteiger partial charge on any atom is -0.338 e. The molecule has 1 aliphatic carbocycles. The van der Waals surface area contributed by atoms with Crippen molar-refractivity contribution in [3.05, 3.63) is 71.8 Å². The normalized spacial score (nSPS) is 13.0. The van der Waals surface area contributed by atoms with Gasteiger partial charge in [-0.05, 0) is 23.8 Å². The van der Waals surface area contributed by atoms with Crippen LogP contribution in [0.4, 0.5) is 0 Å². The molecule has 0 fully saturated rings. The second kappa shape index (κ2) is 5.35. The van der Waals surface area contributed by atoms with Crippen LogP contribution in [0.15, 0.2) is 65.6 Å². The number of hydrogen-bond acceptors (Lipinski definition) is 4. The molecule has 6 nitrogen and oxygen atoms in total. The van der Waals surface area contributed by atoms with E-state index in [1.807, 2.05) is 42.5 Å². The summed E-state index contributed by atoms with van der Waals surface area (Å²) in [4.78, 5) is 20.4. The van der Waals surface area contributed by atoms with Crippen molar-refractivity contribution < 1.29 is 13.2 Å². The summed E-state index contributed by atoms with van der Waals surface area (Å²) in [5.41, 5.74) is 4.99. The van der Waals surface area contributed by atoms with E-state index in [-0.39, 0.29) is 10.7 Å². The average Bonchev–Trinajstić information content (AvgIpc) is 3.21. The number of nitrogens with one attached hydrogen (secondary N) is 1. The van der Waals surface area contributed by atoms with Crippen molar-refractivity contribution in [2.24, 2.45) is 5.14 Å². The summed E-state index contributed by atoms with van der Waals surface area (Å²) in [6.07, 6.45) is 0. The number of rotatable bonds is 2. The summed E-state index contributed by atoms with van der Waals surface area (Å²) < 4.78 is 23.2. The number of hydrogen-bond donors (Lipinski definition) is 2. The van der Waals surface area contributed by atoms with E-state index in [9.17, 15) is 13.2 Å². The molecule has 1 aliphatic rings. The molecule has 0 aliphatic heterocycles. The summed E-state index contributed by atoms with van der Waals surface area (Å²) in [7, 11) is -3.80. The summed E-state index contributed by atoms with van der Waals surface area (Å²) in [6.45, 7) is 0. The van der Waals surface area contributed by atoms with Crippen molar-refractivity contribution in [3.8, 4) is 22.5 Å². The third-order valence-corrected chi connectivity index (χ3v) is 5.70. The van der Waals surface area contributed by atoms with Crippen molar-refractivity contribution in [2.75, 3.05) is 0 Å². The first kappa shape index (κ1) is 15.9. The van der Waals surface area contributed by atoms with E-state index in [0.29, 0.717) is 28.0 Å². The Morgan fingerprint density at radius 3 is 2.33 bits per heavy atom. The lowest BCUT2D eigenvalue weighted by Crippen LogP contribution is -2.11. The first-order valence-electron chi connectivity index (χ1n) is 8.23. The summed E-state index contributed by atoms with van der Waals surface area (Å²) in [6, 6.07) is 17.5. The van der Waals surface area contributed by atoms with Gasteiger partial charge in [0.15, 0.2) is 5.78 Å². The monoisotopic (exact) mass is 375 g/mol. The molecule has 5 rings (SSSR count). The Labute approximate surface area is 154 Å². The molecule has 7 heteroatoms. The fourth-order valence-corrected chi connectivity index (χ4v) is 4.11. The fraction of sp³-hybridized carbons (Fsp3) is 0. The van der Waals surface area contributed by atoms with Gasteiger partial charge in [-0.15, -0.1) is 0 Å². The molecule has 0 saturated carbocycles. The second-order valence-corrected chi connectivity index (χ2v) is 7.97. The molecule has 1 heterocycles. The van der Waals surface area contributed by atoms with Gasteiger partial charge >= 0.3 is 0 Å². The smallest absolute Gasteiger partial charge is 0.238 e. The molecule has 0 spiro atoms. The number of carbonyl (C=O) groups is 1. The number of nitrogens with zero attached hydrogens (tertiary/aromatic N) is 1. The molecule has 0 unspecified atom stereocenters. The quantitative estimate of drug-likeness (QED) is 0.494. The van der Waals surface area contributed by atoms with Crippen molar-refractivity contribution in [3.63, 3.8) is 0 Å². The number of H-pyrrole nitrogens is 1. The van der Waals surface area contributed by atoms with Gasteiger partial charge in [0.25, 0.3) is 0 Å². The van der Waals surface area contributed by atoms with E-state index >= 15 is 0 Å². The molecule has 0 radical (unpaired) electrons. The number of aromatic nitrogens is 2. The Hall–Kier alpha value is -3.29. The Bertz CT molecular complexity index is 1370. The van der Waals surface area contributed by atoms with E-state index in [0.717, 1.165) is 16.7 Å². The number of sulfonamides is 1. The van der Waals surface area contributed by atoms with Gasteiger partial charge < -0.3 is 4.98 Å². The fourth-order valence-electron chi connectivity index (χ4n) is 3.57. The molecule has 3 aromatic carbocycles. The number of ketones is 1. The molecule has 1 aromatic heterocycles. The first-order chi connectivity index (χ1) is 12.9. The van der Waals surface area contributed by atoms with E-state index in [1.54, 1.807) is 6.07 Å². The Kier molecular flexibility index (Phi) is 3.16. The van der Waals surface area contributed by atoms with E-state index in [4.69, 9.17) is 5.14 Å². The highest BCUT2D eigenvalue weighted by Gasteiger charge is 2.29. The van der Waals surface area contributed by atoms with Crippen LogP contribution in [-0.2, 0) is 10.0 Å². The number of nitrogens with two attached hydrogens (primary N) is 1. The highest BCUT2D eigenvalue weighted by atomic mass is 32.2. The van der Waals surface area contributed by atoms with Crippen LogP contribution in [0, 0.1) is 0 Å². The van der Waals surface area contributed by atoms with Gasteiger partial charge in [-0.3, -0.25) is 4.79 Å². The van der Waals surface area contributed by atoms with Crippen LogP contribution in [0.5, 0.6) is 0 Å². The Morgan fingerprint density at radius 1 is 0.852 bits per heavy atom. The Balaban J connectivity index is 1.75. The van der Waals surface area contributed by atoms with Crippen molar-refractivity contribution >= 4 is 26.8 Å². The summed E-state index contributed by atoms with van der Waals surface area (Å²) in [5.74, 6) is 0.563. The molecule has 3 N–H and O–H groups in total. The maximum Gasteiger partial charge on any atom is 0.238 e. The summed E-state index contributed by atoms with van der Waals surface area (Å²) >= 11 is 0. The third kappa shape index (κ3) is 2.33.